The molecule has 0 spiro atoms. The van der Waals surface area contributed by atoms with E-state index in [0.717, 1.165) is 6.07 Å². The molecule has 1 heterocycles. The molecule has 0 saturated carbocycles. The van der Waals surface area contributed by atoms with Crippen molar-refractivity contribution in [2.75, 3.05) is 44.3 Å². The highest BCUT2D eigenvalue weighted by Gasteiger charge is 2.23. The number of esters is 1. The Labute approximate surface area is 188 Å². The van der Waals surface area contributed by atoms with Gasteiger partial charge in [-0.15, -0.1) is 0 Å². The Morgan fingerprint density at radius 3 is 2.58 bits per heavy atom. The molecule has 3 rings (SSSR count). The Bertz CT molecular complexity index is 1200. The van der Waals surface area contributed by atoms with Gasteiger partial charge in [0.1, 0.15) is 12.2 Å². The fourth-order valence-electron chi connectivity index (χ4n) is 2.80. The van der Waals surface area contributed by atoms with E-state index < -0.39 is 50.6 Å². The third kappa shape index (κ3) is 5.87. The van der Waals surface area contributed by atoms with Gasteiger partial charge in [-0.25, -0.2) is 8.42 Å². The molecule has 0 aliphatic carbocycles. The van der Waals surface area contributed by atoms with Crippen molar-refractivity contribution in [2.45, 2.75) is 4.90 Å². The van der Waals surface area contributed by atoms with Gasteiger partial charge in [0.2, 0.25) is 16.8 Å². The van der Waals surface area contributed by atoms with E-state index in [-0.39, 0.29) is 12.5 Å². The van der Waals surface area contributed by atoms with Crippen molar-refractivity contribution < 1.29 is 37.1 Å². The molecule has 2 N–H and O–H groups in total. The number of amides is 1. The highest BCUT2D eigenvalue weighted by atomic mass is 32.2. The van der Waals surface area contributed by atoms with Crippen LogP contribution in [0, 0.1) is 10.1 Å². The van der Waals surface area contributed by atoms with Crippen LogP contribution in [0.2, 0.25) is 0 Å². The molecule has 1 aliphatic rings. The van der Waals surface area contributed by atoms with Gasteiger partial charge in [-0.2, -0.15) is 4.72 Å². The van der Waals surface area contributed by atoms with E-state index in [2.05, 4.69) is 5.32 Å². The van der Waals surface area contributed by atoms with Crippen LogP contribution in [-0.2, 0) is 24.3 Å². The first-order valence-corrected chi connectivity index (χ1v) is 10.9. The molecular weight excluding hydrogens is 460 g/mol. The molecule has 0 unspecified atom stereocenters. The number of hydrogen-bond acceptors (Lipinski definition) is 10. The Morgan fingerprint density at radius 2 is 1.88 bits per heavy atom. The van der Waals surface area contributed by atoms with E-state index in [4.69, 9.17) is 14.2 Å². The summed E-state index contributed by atoms with van der Waals surface area (Å²) in [6.45, 7) is -1.35. The number of rotatable bonds is 9. The summed E-state index contributed by atoms with van der Waals surface area (Å²) in [6, 6.07) is 8.06. The second-order valence-electron chi connectivity index (χ2n) is 6.90. The summed E-state index contributed by atoms with van der Waals surface area (Å²) in [4.78, 5) is 35.4. The summed E-state index contributed by atoms with van der Waals surface area (Å²) in [6.07, 6.45) is 0. The fraction of sp³-hybridized carbons (Fsp3) is 0.263. The molecule has 1 amide bonds. The average molecular weight is 480 g/mol. The number of anilines is 2. The number of ether oxygens (including phenoxy) is 3. The maximum absolute atomic E-state index is 12.4. The summed E-state index contributed by atoms with van der Waals surface area (Å²) in [5.41, 5.74) is 0.196. The van der Waals surface area contributed by atoms with Crippen LogP contribution in [0.25, 0.3) is 0 Å². The number of nitro groups is 1. The number of fused-ring (bicyclic) bond motifs is 1. The summed E-state index contributed by atoms with van der Waals surface area (Å²) in [7, 11) is -1.09. The normalized spacial score (nSPS) is 12.2. The van der Waals surface area contributed by atoms with E-state index in [1.165, 1.54) is 23.1 Å². The molecule has 0 aromatic heterocycles. The van der Waals surface area contributed by atoms with Gasteiger partial charge in [-0.3, -0.25) is 19.7 Å². The summed E-state index contributed by atoms with van der Waals surface area (Å²) >= 11 is 0. The van der Waals surface area contributed by atoms with E-state index in [0.29, 0.717) is 17.2 Å². The average Bonchev–Trinajstić information content (AvgIpc) is 3.23. The number of nitrogens with one attached hydrogen (secondary N) is 2. The number of nitro benzene ring substituents is 1. The second kappa shape index (κ2) is 9.70. The largest absolute Gasteiger partial charge is 0.455 e. The minimum absolute atomic E-state index is 0.0768. The highest BCUT2D eigenvalue weighted by Crippen LogP contribution is 2.34. The van der Waals surface area contributed by atoms with Crippen molar-refractivity contribution in [1.82, 2.24) is 4.72 Å². The van der Waals surface area contributed by atoms with Crippen LogP contribution < -0.4 is 24.4 Å². The zero-order valence-electron chi connectivity index (χ0n) is 17.6. The van der Waals surface area contributed by atoms with Gasteiger partial charge < -0.3 is 24.4 Å². The SMILES string of the molecule is CN(C)c1ccc(S(=O)(=O)NCC(=O)OCC(=O)Nc2ccc3c(c2)OCO3)cc1[N+](=O)[O-]. The van der Waals surface area contributed by atoms with Crippen molar-refractivity contribution in [3.05, 3.63) is 46.5 Å². The van der Waals surface area contributed by atoms with E-state index in [9.17, 15) is 28.1 Å². The molecule has 1 aliphatic heterocycles. The van der Waals surface area contributed by atoms with Gasteiger partial charge in [-0.05, 0) is 24.3 Å². The lowest BCUT2D eigenvalue weighted by Gasteiger charge is -2.13. The van der Waals surface area contributed by atoms with Crippen LogP contribution in [-0.4, -0.2) is 59.3 Å². The van der Waals surface area contributed by atoms with Gasteiger partial charge in [0.15, 0.2) is 18.1 Å². The van der Waals surface area contributed by atoms with Gasteiger partial charge in [0, 0.05) is 31.9 Å². The second-order valence-corrected chi connectivity index (χ2v) is 8.67. The van der Waals surface area contributed by atoms with Gasteiger partial charge in [0.05, 0.1) is 9.82 Å². The van der Waals surface area contributed by atoms with Gasteiger partial charge in [-0.1, -0.05) is 0 Å². The fourth-order valence-corrected chi connectivity index (χ4v) is 3.79. The number of benzene rings is 2. The molecule has 0 fully saturated rings. The molecule has 176 valence electrons. The number of nitrogens with zero attached hydrogens (tertiary/aromatic N) is 2. The lowest BCUT2D eigenvalue weighted by Crippen LogP contribution is -2.32. The molecule has 0 saturated heterocycles. The first-order chi connectivity index (χ1) is 15.6. The van der Waals surface area contributed by atoms with Crippen LogP contribution in [0.4, 0.5) is 17.1 Å². The Morgan fingerprint density at radius 1 is 1.15 bits per heavy atom. The maximum atomic E-state index is 12.4. The standard InChI is InChI=1S/C19H20N4O9S/c1-22(2)14-5-4-13(8-15(14)23(26)27)33(28,29)20-9-19(25)30-10-18(24)21-12-3-6-16-17(7-12)32-11-31-16/h3-8,20H,9-11H2,1-2H3,(H,21,24). The van der Waals surface area contributed by atoms with Crippen molar-refractivity contribution in [3.8, 4) is 11.5 Å². The van der Waals surface area contributed by atoms with Crippen LogP contribution in [0.1, 0.15) is 0 Å². The molecule has 2 aromatic rings. The first kappa shape index (κ1) is 23.7. The van der Waals surface area contributed by atoms with Crippen LogP contribution in [0.15, 0.2) is 41.3 Å². The van der Waals surface area contributed by atoms with Crippen LogP contribution in [0.3, 0.4) is 0 Å². The first-order valence-electron chi connectivity index (χ1n) is 9.37. The van der Waals surface area contributed by atoms with Crippen molar-refractivity contribution in [3.63, 3.8) is 0 Å². The number of hydrogen-bond donors (Lipinski definition) is 2. The number of carbonyl (C=O) groups excluding carboxylic acids is 2. The quantitative estimate of drug-likeness (QED) is 0.298. The molecule has 0 bridgehead atoms. The van der Waals surface area contributed by atoms with E-state index >= 15 is 0 Å². The number of sulfonamides is 1. The Hall–Kier alpha value is -3.91. The predicted molar refractivity (Wildman–Crippen MR) is 115 cm³/mol. The summed E-state index contributed by atoms with van der Waals surface area (Å²) < 4.78 is 41.9. The van der Waals surface area contributed by atoms with Crippen molar-refractivity contribution in [1.29, 1.82) is 0 Å². The third-order valence-corrected chi connectivity index (χ3v) is 5.76. The van der Waals surface area contributed by atoms with Gasteiger partial charge in [0.25, 0.3) is 11.6 Å². The maximum Gasteiger partial charge on any atom is 0.321 e. The molecule has 14 heteroatoms. The molecule has 2 aromatic carbocycles. The Kier molecular flexibility index (Phi) is 6.98. The third-order valence-electron chi connectivity index (χ3n) is 4.36. The zero-order chi connectivity index (χ0) is 24.2. The van der Waals surface area contributed by atoms with Crippen molar-refractivity contribution >= 4 is 39.0 Å². The van der Waals surface area contributed by atoms with Crippen molar-refractivity contribution in [2.24, 2.45) is 0 Å². The van der Waals surface area contributed by atoms with E-state index in [1.54, 1.807) is 26.2 Å². The van der Waals surface area contributed by atoms with E-state index in [1.807, 2.05) is 4.72 Å². The summed E-state index contributed by atoms with van der Waals surface area (Å²) in [5.74, 6) is -0.676. The highest BCUT2D eigenvalue weighted by molar-refractivity contribution is 7.89. The summed E-state index contributed by atoms with van der Waals surface area (Å²) in [5, 5.41) is 13.7. The Balaban J connectivity index is 1.53. The predicted octanol–water partition coefficient (Wildman–Crippen LogP) is 0.850. The topological polar surface area (TPSA) is 166 Å². The van der Waals surface area contributed by atoms with Crippen LogP contribution >= 0.6 is 0 Å². The monoisotopic (exact) mass is 480 g/mol. The molecule has 13 nitrogen and oxygen atoms in total. The molecule has 33 heavy (non-hydrogen) atoms. The molecule has 0 atom stereocenters. The minimum atomic E-state index is -4.25. The van der Waals surface area contributed by atoms with Gasteiger partial charge >= 0.3 is 5.97 Å². The molecular formula is C19H20N4O9S. The molecule has 0 radical (unpaired) electrons. The minimum Gasteiger partial charge on any atom is -0.455 e. The lowest BCUT2D eigenvalue weighted by atomic mass is 10.2. The smallest absolute Gasteiger partial charge is 0.321 e. The van der Waals surface area contributed by atoms with Crippen LogP contribution in [0.5, 0.6) is 11.5 Å². The lowest BCUT2D eigenvalue weighted by molar-refractivity contribution is -0.384. The zero-order valence-corrected chi connectivity index (χ0v) is 18.4. The number of carbonyl (C=O) groups is 2.